The molecule has 1 N–H and O–H groups in total. The Morgan fingerprint density at radius 2 is 2.15 bits per heavy atom. The molecule has 1 fully saturated rings. The molecule has 13 heavy (non-hydrogen) atoms. The second kappa shape index (κ2) is 3.89. The summed E-state index contributed by atoms with van der Waals surface area (Å²) < 4.78 is 39.1. The fraction of sp³-hybridized carbons (Fsp3) is 1.00. The average molecular weight is 210 g/mol. The number of hydrogen-bond acceptors (Lipinski definition) is 2. The molecule has 0 aromatic heterocycles. The Hall–Kier alpha value is -0.200. The highest BCUT2D eigenvalue weighted by atomic mass is 32.2. The number of rotatable bonds is 3. The van der Waals surface area contributed by atoms with Gasteiger partial charge in [0.1, 0.15) is 6.17 Å². The standard InChI is InChI=1S/C7H15FN2O2S/c1-6(2)9-13(11,12)10-4-3-7(8)5-10/h6-7,9H,3-5H2,1-2H3. The van der Waals surface area contributed by atoms with E-state index in [2.05, 4.69) is 4.72 Å². The van der Waals surface area contributed by atoms with Crippen molar-refractivity contribution >= 4 is 10.2 Å². The van der Waals surface area contributed by atoms with Gasteiger partial charge in [-0.3, -0.25) is 0 Å². The predicted molar refractivity (Wildman–Crippen MR) is 48.3 cm³/mol. The lowest BCUT2D eigenvalue weighted by molar-refractivity contribution is 0.341. The maximum Gasteiger partial charge on any atom is 0.279 e. The van der Waals surface area contributed by atoms with Gasteiger partial charge in [0.25, 0.3) is 10.2 Å². The summed E-state index contributed by atoms with van der Waals surface area (Å²) >= 11 is 0. The largest absolute Gasteiger partial charge is 0.279 e. The van der Waals surface area contributed by atoms with E-state index in [1.165, 1.54) is 0 Å². The molecule has 1 heterocycles. The minimum atomic E-state index is -3.45. The Labute approximate surface area is 78.3 Å². The van der Waals surface area contributed by atoms with E-state index in [1.807, 2.05) is 0 Å². The molecule has 0 aromatic carbocycles. The van der Waals surface area contributed by atoms with Gasteiger partial charge in [0, 0.05) is 19.1 Å². The van der Waals surface area contributed by atoms with Gasteiger partial charge in [-0.15, -0.1) is 0 Å². The Morgan fingerprint density at radius 3 is 2.54 bits per heavy atom. The Morgan fingerprint density at radius 1 is 1.54 bits per heavy atom. The fourth-order valence-corrected chi connectivity index (χ4v) is 2.73. The maximum atomic E-state index is 12.7. The van der Waals surface area contributed by atoms with Gasteiger partial charge < -0.3 is 0 Å². The second-order valence-corrected chi connectivity index (χ2v) is 5.22. The van der Waals surface area contributed by atoms with Crippen LogP contribution in [-0.4, -0.2) is 38.0 Å². The van der Waals surface area contributed by atoms with Crippen molar-refractivity contribution in [3.63, 3.8) is 0 Å². The molecule has 1 aliphatic rings. The lowest BCUT2D eigenvalue weighted by Crippen LogP contribution is -2.42. The van der Waals surface area contributed by atoms with Crippen LogP contribution in [-0.2, 0) is 10.2 Å². The van der Waals surface area contributed by atoms with Crippen LogP contribution < -0.4 is 4.72 Å². The molecule has 1 aliphatic heterocycles. The number of halogens is 1. The van der Waals surface area contributed by atoms with Gasteiger partial charge >= 0.3 is 0 Å². The molecule has 0 aromatic rings. The topological polar surface area (TPSA) is 49.4 Å². The molecule has 78 valence electrons. The average Bonchev–Trinajstić information content (AvgIpc) is 2.32. The van der Waals surface area contributed by atoms with Gasteiger partial charge in [0.05, 0.1) is 0 Å². The lowest BCUT2D eigenvalue weighted by Gasteiger charge is -2.17. The summed E-state index contributed by atoms with van der Waals surface area (Å²) in [6.07, 6.45) is -0.706. The van der Waals surface area contributed by atoms with Crippen LogP contribution in [0.1, 0.15) is 20.3 Å². The van der Waals surface area contributed by atoms with Crippen molar-refractivity contribution < 1.29 is 12.8 Å². The first-order valence-electron chi connectivity index (χ1n) is 4.33. The highest BCUT2D eigenvalue weighted by Crippen LogP contribution is 2.15. The zero-order valence-corrected chi connectivity index (χ0v) is 8.64. The fourth-order valence-electron chi connectivity index (χ4n) is 1.28. The zero-order chi connectivity index (χ0) is 10.1. The van der Waals surface area contributed by atoms with Crippen LogP contribution in [0.5, 0.6) is 0 Å². The Kier molecular flexibility index (Phi) is 3.26. The highest BCUT2D eigenvalue weighted by molar-refractivity contribution is 7.87. The second-order valence-electron chi connectivity index (χ2n) is 3.52. The van der Waals surface area contributed by atoms with Crippen LogP contribution in [0.2, 0.25) is 0 Å². The van der Waals surface area contributed by atoms with E-state index in [0.717, 1.165) is 4.31 Å². The zero-order valence-electron chi connectivity index (χ0n) is 7.83. The van der Waals surface area contributed by atoms with E-state index in [1.54, 1.807) is 13.8 Å². The van der Waals surface area contributed by atoms with E-state index in [-0.39, 0.29) is 19.1 Å². The van der Waals surface area contributed by atoms with Crippen molar-refractivity contribution in [1.82, 2.24) is 9.03 Å². The molecule has 0 saturated carbocycles. The molecule has 0 spiro atoms. The number of alkyl halides is 1. The summed E-state index contributed by atoms with van der Waals surface area (Å²) in [7, 11) is -3.45. The summed E-state index contributed by atoms with van der Waals surface area (Å²) in [5.74, 6) is 0. The molecular formula is C7H15FN2O2S. The molecule has 1 saturated heterocycles. The molecule has 0 radical (unpaired) electrons. The van der Waals surface area contributed by atoms with Gasteiger partial charge in [-0.2, -0.15) is 17.4 Å². The third-order valence-electron chi connectivity index (χ3n) is 1.82. The quantitative estimate of drug-likeness (QED) is 0.727. The Balaban J connectivity index is 2.60. The third kappa shape index (κ3) is 2.89. The summed E-state index contributed by atoms with van der Waals surface area (Å²) in [5, 5.41) is 0. The first-order valence-corrected chi connectivity index (χ1v) is 5.77. The van der Waals surface area contributed by atoms with Crippen molar-refractivity contribution in [3.8, 4) is 0 Å². The lowest BCUT2D eigenvalue weighted by atomic mass is 10.4. The maximum absolute atomic E-state index is 12.7. The van der Waals surface area contributed by atoms with Crippen LogP contribution in [0.3, 0.4) is 0 Å². The molecule has 1 unspecified atom stereocenters. The smallest absolute Gasteiger partial charge is 0.246 e. The van der Waals surface area contributed by atoms with Crippen LogP contribution in [0.25, 0.3) is 0 Å². The molecule has 0 amide bonds. The molecule has 4 nitrogen and oxygen atoms in total. The van der Waals surface area contributed by atoms with E-state index in [4.69, 9.17) is 0 Å². The minimum Gasteiger partial charge on any atom is -0.246 e. The molecule has 1 atom stereocenters. The van der Waals surface area contributed by atoms with Gasteiger partial charge in [-0.25, -0.2) is 4.39 Å². The van der Waals surface area contributed by atoms with Gasteiger partial charge in [0.15, 0.2) is 0 Å². The van der Waals surface area contributed by atoms with Gasteiger partial charge in [0.2, 0.25) is 0 Å². The molecule has 0 aliphatic carbocycles. The SMILES string of the molecule is CC(C)NS(=O)(=O)N1CCC(F)C1. The van der Waals surface area contributed by atoms with Crippen LogP contribution in [0.15, 0.2) is 0 Å². The predicted octanol–water partition coefficient (Wildman–Crippen LogP) is 0.273. The van der Waals surface area contributed by atoms with E-state index < -0.39 is 16.4 Å². The van der Waals surface area contributed by atoms with Gasteiger partial charge in [-0.1, -0.05) is 0 Å². The van der Waals surface area contributed by atoms with Crippen LogP contribution in [0.4, 0.5) is 4.39 Å². The molecule has 6 heteroatoms. The van der Waals surface area contributed by atoms with Crippen molar-refractivity contribution in [2.24, 2.45) is 0 Å². The number of nitrogens with one attached hydrogen (secondary N) is 1. The highest BCUT2D eigenvalue weighted by Gasteiger charge is 2.31. The first-order chi connectivity index (χ1) is 5.92. The monoisotopic (exact) mass is 210 g/mol. The minimum absolute atomic E-state index is 0.0119. The Bertz CT molecular complexity index is 266. The van der Waals surface area contributed by atoms with Crippen molar-refractivity contribution in [2.75, 3.05) is 13.1 Å². The van der Waals surface area contributed by atoms with Crippen molar-refractivity contribution in [3.05, 3.63) is 0 Å². The number of nitrogens with zero attached hydrogens (tertiary/aromatic N) is 1. The van der Waals surface area contributed by atoms with E-state index in [0.29, 0.717) is 6.42 Å². The van der Waals surface area contributed by atoms with Crippen molar-refractivity contribution in [1.29, 1.82) is 0 Å². The normalized spacial score (nSPS) is 25.7. The molecule has 0 bridgehead atoms. The van der Waals surface area contributed by atoms with Crippen LogP contribution in [0, 0.1) is 0 Å². The van der Waals surface area contributed by atoms with Crippen molar-refractivity contribution in [2.45, 2.75) is 32.5 Å². The summed E-state index contributed by atoms with van der Waals surface area (Å²) in [6.45, 7) is 3.74. The van der Waals surface area contributed by atoms with E-state index >= 15 is 0 Å². The van der Waals surface area contributed by atoms with Gasteiger partial charge in [-0.05, 0) is 20.3 Å². The molecular weight excluding hydrogens is 195 g/mol. The summed E-state index contributed by atoms with van der Waals surface area (Å²) in [6, 6.07) is -0.149. The third-order valence-corrected chi connectivity index (χ3v) is 3.60. The van der Waals surface area contributed by atoms with E-state index in [9.17, 15) is 12.8 Å². The summed E-state index contributed by atoms with van der Waals surface area (Å²) in [5.41, 5.74) is 0. The molecule has 1 rings (SSSR count). The summed E-state index contributed by atoms with van der Waals surface area (Å²) in [4.78, 5) is 0. The van der Waals surface area contributed by atoms with Crippen LogP contribution >= 0.6 is 0 Å². The first kappa shape index (κ1) is 10.9. The number of hydrogen-bond donors (Lipinski definition) is 1.